The number of carbonyl (C=O) groups excluding carboxylic acids is 1. The van der Waals surface area contributed by atoms with Gasteiger partial charge in [-0.3, -0.25) is 4.79 Å². The molecule has 0 atom stereocenters. The van der Waals surface area contributed by atoms with Crippen LogP contribution >= 0.6 is 0 Å². The molecule has 4 rings (SSSR count). The molecule has 2 aromatic rings. The minimum Gasteiger partial charge on any atom is -0.355 e. The van der Waals surface area contributed by atoms with E-state index in [1.807, 2.05) is 12.1 Å². The van der Waals surface area contributed by atoms with Gasteiger partial charge in [0.2, 0.25) is 5.91 Å². The first kappa shape index (κ1) is 16.2. The van der Waals surface area contributed by atoms with Crippen molar-refractivity contribution in [2.45, 2.75) is 39.0 Å². The molecular formula is C17H25N7O. The molecule has 3 heterocycles. The average molecular weight is 343 g/mol. The van der Waals surface area contributed by atoms with E-state index in [9.17, 15) is 4.79 Å². The second-order valence-corrected chi connectivity index (χ2v) is 7.21. The molecular weight excluding hydrogens is 318 g/mol. The van der Waals surface area contributed by atoms with Crippen LogP contribution in [0, 0.1) is 11.8 Å². The molecule has 8 nitrogen and oxygen atoms in total. The first-order valence-electron chi connectivity index (χ1n) is 9.33. The van der Waals surface area contributed by atoms with Crippen LogP contribution in [0.4, 0.5) is 5.82 Å². The van der Waals surface area contributed by atoms with Crippen molar-refractivity contribution in [3.63, 3.8) is 0 Å². The van der Waals surface area contributed by atoms with Crippen LogP contribution in [0.1, 0.15) is 39.0 Å². The molecule has 1 saturated heterocycles. The molecule has 25 heavy (non-hydrogen) atoms. The number of hydrogen-bond acceptors (Lipinski definition) is 6. The van der Waals surface area contributed by atoms with E-state index in [0.717, 1.165) is 57.2 Å². The highest BCUT2D eigenvalue weighted by atomic mass is 16.2. The third kappa shape index (κ3) is 3.57. The lowest BCUT2D eigenvalue weighted by Crippen LogP contribution is -2.43. The Morgan fingerprint density at radius 3 is 2.76 bits per heavy atom. The zero-order valence-electron chi connectivity index (χ0n) is 14.7. The van der Waals surface area contributed by atoms with Crippen LogP contribution in [0.5, 0.6) is 0 Å². The van der Waals surface area contributed by atoms with Crippen LogP contribution in [0.25, 0.3) is 5.65 Å². The zero-order valence-corrected chi connectivity index (χ0v) is 14.7. The second kappa shape index (κ2) is 6.93. The molecule has 2 aliphatic rings. The first-order chi connectivity index (χ1) is 12.2. The molecule has 2 aromatic heterocycles. The maximum Gasteiger partial charge on any atom is 0.225 e. The van der Waals surface area contributed by atoms with Gasteiger partial charge in [0.25, 0.3) is 0 Å². The summed E-state index contributed by atoms with van der Waals surface area (Å²) in [5.74, 6) is 2.13. The molecule has 2 fully saturated rings. The van der Waals surface area contributed by atoms with E-state index in [4.69, 9.17) is 0 Å². The summed E-state index contributed by atoms with van der Waals surface area (Å²) in [5.41, 5.74) is 0.643. The van der Waals surface area contributed by atoms with E-state index < -0.39 is 0 Å². The van der Waals surface area contributed by atoms with Crippen molar-refractivity contribution >= 4 is 17.4 Å². The average Bonchev–Trinajstić information content (AvgIpc) is 3.34. The fourth-order valence-corrected chi connectivity index (χ4v) is 3.60. The predicted octanol–water partition coefficient (Wildman–Crippen LogP) is 1.38. The predicted molar refractivity (Wildman–Crippen MR) is 93.1 cm³/mol. The normalized spacial score (nSPS) is 18.7. The Bertz CT molecular complexity index is 733. The van der Waals surface area contributed by atoms with Crippen LogP contribution in [0.3, 0.4) is 0 Å². The summed E-state index contributed by atoms with van der Waals surface area (Å²) in [6, 6.07) is 3.82. The Balaban J connectivity index is 1.37. The van der Waals surface area contributed by atoms with E-state index in [-0.39, 0.29) is 5.92 Å². The lowest BCUT2D eigenvalue weighted by atomic mass is 9.95. The molecule has 8 heteroatoms. The maximum atomic E-state index is 12.9. The van der Waals surface area contributed by atoms with Gasteiger partial charge in [0, 0.05) is 32.1 Å². The van der Waals surface area contributed by atoms with Gasteiger partial charge in [-0.25, -0.2) is 0 Å². The topological polar surface area (TPSA) is 79.5 Å². The number of anilines is 1. The van der Waals surface area contributed by atoms with Gasteiger partial charge < -0.3 is 9.80 Å². The SMILES string of the molecule is CCCN(CC1CC1)C(=O)C1CCN(c2ccc3nnnn3n2)CC1. The number of amides is 1. The Hall–Kier alpha value is -2.25. The largest absolute Gasteiger partial charge is 0.355 e. The van der Waals surface area contributed by atoms with Gasteiger partial charge in [-0.15, -0.1) is 14.8 Å². The number of carbonyl (C=O) groups is 1. The van der Waals surface area contributed by atoms with E-state index in [1.54, 1.807) is 0 Å². The quantitative estimate of drug-likeness (QED) is 0.788. The van der Waals surface area contributed by atoms with E-state index in [0.29, 0.717) is 11.6 Å². The molecule has 0 aromatic carbocycles. The number of fused-ring (bicyclic) bond motifs is 1. The summed E-state index contributed by atoms with van der Waals surface area (Å²) in [6.07, 6.45) is 5.39. The van der Waals surface area contributed by atoms with Gasteiger partial charge in [0.1, 0.15) is 0 Å². The third-order valence-corrected chi connectivity index (χ3v) is 5.20. The summed E-state index contributed by atoms with van der Waals surface area (Å²) in [6.45, 7) is 5.70. The van der Waals surface area contributed by atoms with Crippen molar-refractivity contribution in [3.8, 4) is 0 Å². The van der Waals surface area contributed by atoms with Gasteiger partial charge in [-0.05, 0) is 60.6 Å². The summed E-state index contributed by atoms with van der Waals surface area (Å²) < 4.78 is 1.45. The zero-order chi connectivity index (χ0) is 17.2. The Morgan fingerprint density at radius 1 is 1.24 bits per heavy atom. The molecule has 0 spiro atoms. The minimum absolute atomic E-state index is 0.151. The van der Waals surface area contributed by atoms with Crippen molar-refractivity contribution in [3.05, 3.63) is 12.1 Å². The Morgan fingerprint density at radius 2 is 2.04 bits per heavy atom. The van der Waals surface area contributed by atoms with Gasteiger partial charge in [0.05, 0.1) is 0 Å². The smallest absolute Gasteiger partial charge is 0.225 e. The van der Waals surface area contributed by atoms with E-state index in [1.165, 1.54) is 17.5 Å². The van der Waals surface area contributed by atoms with Crippen LogP contribution in [-0.2, 0) is 4.79 Å². The molecule has 0 bridgehead atoms. The fraction of sp³-hybridized carbons (Fsp3) is 0.706. The van der Waals surface area contributed by atoms with Crippen LogP contribution in [0.2, 0.25) is 0 Å². The highest BCUT2D eigenvalue weighted by Gasteiger charge is 2.32. The summed E-state index contributed by atoms with van der Waals surface area (Å²) in [7, 11) is 0. The third-order valence-electron chi connectivity index (χ3n) is 5.20. The number of nitrogens with zero attached hydrogens (tertiary/aromatic N) is 7. The first-order valence-corrected chi connectivity index (χ1v) is 9.33. The number of rotatable bonds is 6. The van der Waals surface area contributed by atoms with Gasteiger partial charge in [-0.2, -0.15) is 0 Å². The minimum atomic E-state index is 0.151. The number of hydrogen-bond donors (Lipinski definition) is 0. The highest BCUT2D eigenvalue weighted by molar-refractivity contribution is 5.79. The van der Waals surface area contributed by atoms with Crippen molar-refractivity contribution in [1.29, 1.82) is 0 Å². The van der Waals surface area contributed by atoms with Crippen molar-refractivity contribution in [1.82, 2.24) is 30.2 Å². The maximum absolute atomic E-state index is 12.9. The van der Waals surface area contributed by atoms with Crippen molar-refractivity contribution < 1.29 is 4.79 Å². The van der Waals surface area contributed by atoms with Gasteiger partial charge >= 0.3 is 0 Å². The monoisotopic (exact) mass is 343 g/mol. The van der Waals surface area contributed by atoms with E-state index >= 15 is 0 Å². The van der Waals surface area contributed by atoms with Crippen molar-refractivity contribution in [2.75, 3.05) is 31.1 Å². The van der Waals surface area contributed by atoms with E-state index in [2.05, 4.69) is 37.3 Å². The molecule has 1 aliphatic carbocycles. The molecule has 0 radical (unpaired) electrons. The number of aromatic nitrogens is 5. The number of tetrazole rings is 1. The fourth-order valence-electron chi connectivity index (χ4n) is 3.60. The molecule has 0 N–H and O–H groups in total. The van der Waals surface area contributed by atoms with Gasteiger partial charge in [0.15, 0.2) is 11.5 Å². The van der Waals surface area contributed by atoms with Crippen LogP contribution < -0.4 is 4.90 Å². The Kier molecular flexibility index (Phi) is 4.50. The molecule has 134 valence electrons. The molecule has 0 unspecified atom stereocenters. The summed E-state index contributed by atoms with van der Waals surface area (Å²) >= 11 is 0. The van der Waals surface area contributed by atoms with Crippen molar-refractivity contribution in [2.24, 2.45) is 11.8 Å². The van der Waals surface area contributed by atoms with Gasteiger partial charge in [-0.1, -0.05) is 6.92 Å². The Labute approximate surface area is 147 Å². The molecule has 1 aliphatic heterocycles. The molecule has 1 amide bonds. The van der Waals surface area contributed by atoms with Crippen LogP contribution in [-0.4, -0.2) is 62.2 Å². The lowest BCUT2D eigenvalue weighted by molar-refractivity contribution is -0.136. The standard InChI is InChI=1S/C17H25N7O/c1-2-9-23(12-13-3-4-13)17(25)14-7-10-22(11-8-14)16-6-5-15-18-20-21-24(15)19-16/h5-6,13-14H,2-4,7-12H2,1H3. The highest BCUT2D eigenvalue weighted by Crippen LogP contribution is 2.31. The number of piperidine rings is 1. The summed E-state index contributed by atoms with van der Waals surface area (Å²) in [5, 5.41) is 15.8. The summed E-state index contributed by atoms with van der Waals surface area (Å²) in [4.78, 5) is 17.2. The molecule has 1 saturated carbocycles. The lowest BCUT2D eigenvalue weighted by Gasteiger charge is -2.34. The van der Waals surface area contributed by atoms with Crippen LogP contribution in [0.15, 0.2) is 12.1 Å². The second-order valence-electron chi connectivity index (χ2n) is 7.21.